The molecule has 2 bridgehead atoms. The monoisotopic (exact) mass is 420 g/mol. The molecular formula is C27H32O4. The summed E-state index contributed by atoms with van der Waals surface area (Å²) in [6, 6.07) is 0. The van der Waals surface area contributed by atoms with Crippen LogP contribution in [0, 0.1) is 23.7 Å². The van der Waals surface area contributed by atoms with Gasteiger partial charge in [0.2, 0.25) is 0 Å². The summed E-state index contributed by atoms with van der Waals surface area (Å²) in [5, 5.41) is 0. The number of carbonyl (C=O) groups excluding carboxylic acids is 2. The van der Waals surface area contributed by atoms with E-state index in [-0.39, 0.29) is 23.7 Å². The van der Waals surface area contributed by atoms with E-state index < -0.39 is 23.1 Å². The quantitative estimate of drug-likeness (QED) is 0.452. The molecule has 4 rings (SSSR count). The van der Waals surface area contributed by atoms with Gasteiger partial charge in [0.15, 0.2) is 0 Å². The summed E-state index contributed by atoms with van der Waals surface area (Å²) in [6.07, 6.45) is 16.9. The van der Waals surface area contributed by atoms with Gasteiger partial charge in [0.25, 0.3) is 0 Å². The van der Waals surface area contributed by atoms with Crippen molar-refractivity contribution in [1.82, 2.24) is 0 Å². The van der Waals surface area contributed by atoms with E-state index in [1.165, 1.54) is 0 Å². The van der Waals surface area contributed by atoms with Gasteiger partial charge in [-0.15, -0.1) is 0 Å². The van der Waals surface area contributed by atoms with Gasteiger partial charge in [0, 0.05) is 23.7 Å². The van der Waals surface area contributed by atoms with Gasteiger partial charge in [-0.3, -0.25) is 0 Å². The highest BCUT2D eigenvalue weighted by atomic mass is 16.6. The molecule has 0 N–H and O–H groups in total. The number of carbonyl (C=O) groups is 2. The smallest absolute Gasteiger partial charge is 0.336 e. The first kappa shape index (κ1) is 21.6. The van der Waals surface area contributed by atoms with Gasteiger partial charge < -0.3 is 9.47 Å². The number of hydrogen-bond donors (Lipinski definition) is 0. The second-order valence-electron chi connectivity index (χ2n) is 9.88. The van der Waals surface area contributed by atoms with Gasteiger partial charge in [0.05, 0.1) is 11.1 Å². The molecule has 6 atom stereocenters. The molecule has 0 heterocycles. The average molecular weight is 421 g/mol. The molecule has 0 spiro atoms. The normalized spacial score (nSPS) is 38.3. The van der Waals surface area contributed by atoms with Crippen molar-refractivity contribution in [3.8, 4) is 0 Å². The fourth-order valence-electron chi connectivity index (χ4n) is 5.04. The molecule has 6 unspecified atom stereocenters. The summed E-state index contributed by atoms with van der Waals surface area (Å²) < 4.78 is 12.1. The van der Waals surface area contributed by atoms with Gasteiger partial charge in [-0.2, -0.15) is 0 Å². The molecule has 4 aliphatic carbocycles. The Bertz CT molecular complexity index is 926. The lowest BCUT2D eigenvalue weighted by Gasteiger charge is -2.35. The van der Waals surface area contributed by atoms with Crippen LogP contribution in [0.1, 0.15) is 48.0 Å². The van der Waals surface area contributed by atoms with Gasteiger partial charge in [-0.1, -0.05) is 61.4 Å². The van der Waals surface area contributed by atoms with Crippen LogP contribution in [-0.4, -0.2) is 23.1 Å². The van der Waals surface area contributed by atoms with Crippen LogP contribution in [0.5, 0.6) is 0 Å². The number of fused-ring (bicyclic) bond motifs is 2. The Kier molecular flexibility index (Phi) is 5.23. The standard InChI is InChI=1S/C27H32O4/c1-16-7-9-18(3)26(5,14-16)30-24(28)22-20-11-12-21(13-20)23(22)25(29)31-27(6)15-17(2)8-10-19(27)4/h7-12,14-15,18-21H,13H2,1-6H3. The lowest BCUT2D eigenvalue weighted by molar-refractivity contribution is -0.155. The molecule has 164 valence electrons. The fourth-order valence-corrected chi connectivity index (χ4v) is 5.04. The van der Waals surface area contributed by atoms with Crippen molar-refractivity contribution in [3.63, 3.8) is 0 Å². The highest BCUT2D eigenvalue weighted by Gasteiger charge is 2.47. The van der Waals surface area contributed by atoms with Gasteiger partial charge in [-0.05, 0) is 46.3 Å². The topological polar surface area (TPSA) is 52.6 Å². The highest BCUT2D eigenvalue weighted by molar-refractivity contribution is 6.03. The maximum absolute atomic E-state index is 13.4. The predicted octanol–water partition coefficient (Wildman–Crippen LogP) is 5.40. The van der Waals surface area contributed by atoms with Crippen LogP contribution >= 0.6 is 0 Å². The summed E-state index contributed by atoms with van der Waals surface area (Å²) in [5.74, 6) is -0.898. The van der Waals surface area contributed by atoms with Crippen LogP contribution in [-0.2, 0) is 19.1 Å². The first-order valence-corrected chi connectivity index (χ1v) is 11.2. The van der Waals surface area contributed by atoms with Gasteiger partial charge >= 0.3 is 11.9 Å². The minimum Gasteiger partial charge on any atom is -0.451 e. The van der Waals surface area contributed by atoms with Crippen molar-refractivity contribution in [2.75, 3.05) is 0 Å². The van der Waals surface area contributed by atoms with Crippen molar-refractivity contribution in [2.24, 2.45) is 23.7 Å². The maximum atomic E-state index is 13.4. The Labute approximate surface area is 185 Å². The number of rotatable bonds is 4. The molecule has 4 heteroatoms. The summed E-state index contributed by atoms with van der Waals surface area (Å²) in [4.78, 5) is 26.7. The Hall–Kier alpha value is -2.62. The molecule has 0 saturated heterocycles. The van der Waals surface area contributed by atoms with Crippen LogP contribution < -0.4 is 0 Å². The molecule has 0 aromatic carbocycles. The molecule has 0 radical (unpaired) electrons. The van der Waals surface area contributed by atoms with Crippen LogP contribution in [0.15, 0.2) is 70.9 Å². The van der Waals surface area contributed by atoms with Crippen LogP contribution in [0.2, 0.25) is 0 Å². The SMILES string of the molecule is CC1=CC(C)(OC(=O)C2=C(C(=O)OC3(C)C=C(C)C=CC3C)C3C=CC2C3)C(C)C=C1. The molecule has 4 aliphatic rings. The minimum absolute atomic E-state index is 0.0483. The predicted molar refractivity (Wildman–Crippen MR) is 121 cm³/mol. The van der Waals surface area contributed by atoms with E-state index >= 15 is 0 Å². The third kappa shape index (κ3) is 3.77. The van der Waals surface area contributed by atoms with Crippen molar-refractivity contribution in [3.05, 3.63) is 70.9 Å². The average Bonchev–Trinajstić information content (AvgIpc) is 3.29. The zero-order valence-corrected chi connectivity index (χ0v) is 19.3. The van der Waals surface area contributed by atoms with Crippen LogP contribution in [0.25, 0.3) is 0 Å². The molecule has 0 aromatic rings. The van der Waals surface area contributed by atoms with E-state index in [1.54, 1.807) is 0 Å². The van der Waals surface area contributed by atoms with E-state index in [9.17, 15) is 9.59 Å². The van der Waals surface area contributed by atoms with Crippen LogP contribution in [0.3, 0.4) is 0 Å². The summed E-state index contributed by atoms with van der Waals surface area (Å²) in [5.41, 5.74) is 1.58. The van der Waals surface area contributed by atoms with Crippen molar-refractivity contribution < 1.29 is 19.1 Å². The first-order valence-electron chi connectivity index (χ1n) is 11.2. The molecule has 0 fully saturated rings. The highest BCUT2D eigenvalue weighted by Crippen LogP contribution is 2.46. The third-order valence-electron chi connectivity index (χ3n) is 7.31. The number of allylic oxidation sites excluding steroid dienone is 6. The second kappa shape index (κ2) is 7.51. The van der Waals surface area contributed by atoms with Crippen molar-refractivity contribution in [1.29, 1.82) is 0 Å². The summed E-state index contributed by atoms with van der Waals surface area (Å²) in [7, 11) is 0. The molecule has 31 heavy (non-hydrogen) atoms. The number of ether oxygens (including phenoxy) is 2. The zero-order chi connectivity index (χ0) is 22.6. The number of esters is 2. The fraction of sp³-hybridized carbons (Fsp3) is 0.481. The molecule has 4 nitrogen and oxygen atoms in total. The van der Waals surface area contributed by atoms with Crippen LogP contribution in [0.4, 0.5) is 0 Å². The summed E-state index contributed by atoms with van der Waals surface area (Å²) >= 11 is 0. The van der Waals surface area contributed by atoms with E-state index in [4.69, 9.17) is 9.47 Å². The summed E-state index contributed by atoms with van der Waals surface area (Å²) in [6.45, 7) is 11.9. The van der Waals surface area contributed by atoms with E-state index in [0.717, 1.165) is 17.6 Å². The van der Waals surface area contributed by atoms with E-state index in [1.807, 2.05) is 78.0 Å². The molecule has 0 saturated carbocycles. The van der Waals surface area contributed by atoms with Gasteiger partial charge in [0.1, 0.15) is 11.2 Å². The Morgan fingerprint density at radius 2 is 1.16 bits per heavy atom. The van der Waals surface area contributed by atoms with Gasteiger partial charge in [-0.25, -0.2) is 9.59 Å². The first-order chi connectivity index (χ1) is 14.5. The molecule has 0 aromatic heterocycles. The Morgan fingerprint density at radius 3 is 1.55 bits per heavy atom. The molecular weight excluding hydrogens is 388 g/mol. The van der Waals surface area contributed by atoms with E-state index in [0.29, 0.717) is 11.1 Å². The van der Waals surface area contributed by atoms with E-state index in [2.05, 4.69) is 12.2 Å². The zero-order valence-electron chi connectivity index (χ0n) is 19.3. The molecule has 0 aliphatic heterocycles. The van der Waals surface area contributed by atoms with Crippen molar-refractivity contribution >= 4 is 11.9 Å². The maximum Gasteiger partial charge on any atom is 0.336 e. The minimum atomic E-state index is -0.738. The Morgan fingerprint density at radius 1 is 0.774 bits per heavy atom. The Balaban J connectivity index is 1.62. The van der Waals surface area contributed by atoms with Crippen molar-refractivity contribution in [2.45, 2.75) is 59.2 Å². The largest absolute Gasteiger partial charge is 0.451 e. The third-order valence-corrected chi connectivity index (χ3v) is 7.31. The molecule has 0 amide bonds. The lowest BCUT2D eigenvalue weighted by atomic mass is 9.84. The lowest BCUT2D eigenvalue weighted by Crippen LogP contribution is -2.40. The number of hydrogen-bond acceptors (Lipinski definition) is 4. The second-order valence-corrected chi connectivity index (χ2v) is 9.88.